The van der Waals surface area contributed by atoms with E-state index in [9.17, 15) is 0 Å². The van der Waals surface area contributed by atoms with Crippen molar-refractivity contribution in [3.8, 4) is 0 Å². The Hall–Kier alpha value is -0.600. The Balaban J connectivity index is 2.35. The van der Waals surface area contributed by atoms with E-state index in [-0.39, 0.29) is 0 Å². The number of nitrogens with two attached hydrogens (primary N) is 1. The van der Waals surface area contributed by atoms with Crippen LogP contribution in [0, 0.1) is 0 Å². The molecule has 0 aromatic carbocycles. The fourth-order valence-corrected chi connectivity index (χ4v) is 1.58. The van der Waals surface area contributed by atoms with Crippen molar-refractivity contribution in [2.45, 2.75) is 38.6 Å². The predicted molar refractivity (Wildman–Crippen MR) is 60.5 cm³/mol. The summed E-state index contributed by atoms with van der Waals surface area (Å²) in [5, 5.41) is 0.762. The minimum absolute atomic E-state index is 0.329. The molecule has 1 aromatic heterocycles. The molecular formula is C11H17ClN2. The summed E-state index contributed by atoms with van der Waals surface area (Å²) in [6.07, 6.45) is 7.67. The molecule has 2 N–H and O–H groups in total. The van der Waals surface area contributed by atoms with Crippen LogP contribution in [-0.4, -0.2) is 11.0 Å². The molecule has 2 nitrogen and oxygen atoms in total. The van der Waals surface area contributed by atoms with Crippen LogP contribution in [0.15, 0.2) is 18.5 Å². The summed E-state index contributed by atoms with van der Waals surface area (Å²) in [5.41, 5.74) is 7.00. The molecule has 0 saturated heterocycles. The molecule has 1 unspecified atom stereocenters. The Labute approximate surface area is 90.5 Å². The molecule has 0 aliphatic carbocycles. The van der Waals surface area contributed by atoms with Gasteiger partial charge in [-0.1, -0.05) is 18.5 Å². The van der Waals surface area contributed by atoms with Crippen LogP contribution in [0.2, 0.25) is 5.02 Å². The van der Waals surface area contributed by atoms with E-state index < -0.39 is 0 Å². The summed E-state index contributed by atoms with van der Waals surface area (Å²) < 4.78 is 0. The zero-order chi connectivity index (χ0) is 10.4. The molecule has 1 aromatic rings. The van der Waals surface area contributed by atoms with Crippen molar-refractivity contribution < 1.29 is 0 Å². The van der Waals surface area contributed by atoms with Crippen molar-refractivity contribution >= 4 is 11.6 Å². The van der Waals surface area contributed by atoms with Gasteiger partial charge in [-0.25, -0.2) is 0 Å². The van der Waals surface area contributed by atoms with Crippen LogP contribution in [0.4, 0.5) is 0 Å². The van der Waals surface area contributed by atoms with E-state index in [1.165, 1.54) is 5.56 Å². The van der Waals surface area contributed by atoms with Gasteiger partial charge in [-0.3, -0.25) is 4.98 Å². The average molecular weight is 213 g/mol. The number of hydrogen-bond donors (Lipinski definition) is 1. The lowest BCUT2D eigenvalue weighted by Gasteiger charge is -2.08. The molecule has 0 radical (unpaired) electrons. The van der Waals surface area contributed by atoms with Crippen LogP contribution in [0.3, 0.4) is 0 Å². The second kappa shape index (κ2) is 5.99. The van der Waals surface area contributed by atoms with Gasteiger partial charge in [-0.05, 0) is 37.3 Å². The Morgan fingerprint density at radius 1 is 1.57 bits per heavy atom. The highest BCUT2D eigenvalue weighted by atomic mass is 35.5. The fraction of sp³-hybridized carbons (Fsp3) is 0.545. The third-order valence-electron chi connectivity index (χ3n) is 2.40. The number of nitrogens with zero attached hydrogens (tertiary/aromatic N) is 1. The molecule has 0 fully saturated rings. The standard InChI is InChI=1S/C11H17ClN2/c1-2-10(13)5-3-4-9-6-7-14-8-11(9)12/h6-8,10H,2-5,13H2,1H3. The summed E-state index contributed by atoms with van der Waals surface area (Å²) >= 11 is 5.98. The topological polar surface area (TPSA) is 38.9 Å². The zero-order valence-electron chi connectivity index (χ0n) is 8.54. The Bertz CT molecular complexity index is 276. The molecular weight excluding hydrogens is 196 g/mol. The van der Waals surface area contributed by atoms with E-state index in [4.69, 9.17) is 17.3 Å². The van der Waals surface area contributed by atoms with Crippen LogP contribution in [0.5, 0.6) is 0 Å². The maximum Gasteiger partial charge on any atom is 0.0621 e. The number of aryl methyl sites for hydroxylation is 1. The first-order chi connectivity index (χ1) is 6.74. The molecule has 0 aliphatic heterocycles. The molecule has 0 saturated carbocycles. The molecule has 78 valence electrons. The average Bonchev–Trinajstić information content (AvgIpc) is 2.20. The monoisotopic (exact) mass is 212 g/mol. The highest BCUT2D eigenvalue weighted by molar-refractivity contribution is 6.31. The molecule has 0 spiro atoms. The number of rotatable bonds is 5. The molecule has 0 bridgehead atoms. The van der Waals surface area contributed by atoms with Gasteiger partial charge in [-0.15, -0.1) is 0 Å². The molecule has 0 aliphatic rings. The third-order valence-corrected chi connectivity index (χ3v) is 2.74. The quantitative estimate of drug-likeness (QED) is 0.815. The lowest BCUT2D eigenvalue weighted by Crippen LogP contribution is -2.18. The highest BCUT2D eigenvalue weighted by Crippen LogP contribution is 2.16. The first-order valence-electron chi connectivity index (χ1n) is 5.08. The van der Waals surface area contributed by atoms with E-state index in [2.05, 4.69) is 11.9 Å². The molecule has 14 heavy (non-hydrogen) atoms. The van der Waals surface area contributed by atoms with E-state index in [1.54, 1.807) is 12.4 Å². The van der Waals surface area contributed by atoms with Crippen molar-refractivity contribution in [3.05, 3.63) is 29.0 Å². The highest BCUT2D eigenvalue weighted by Gasteiger charge is 2.02. The maximum absolute atomic E-state index is 5.98. The summed E-state index contributed by atoms with van der Waals surface area (Å²) in [7, 11) is 0. The molecule has 0 amide bonds. The summed E-state index contributed by atoms with van der Waals surface area (Å²) in [6.45, 7) is 2.12. The van der Waals surface area contributed by atoms with Gasteiger partial charge < -0.3 is 5.73 Å². The van der Waals surface area contributed by atoms with Gasteiger partial charge in [0.15, 0.2) is 0 Å². The lowest BCUT2D eigenvalue weighted by atomic mass is 10.0. The normalized spacial score (nSPS) is 12.8. The van der Waals surface area contributed by atoms with Crippen molar-refractivity contribution in [3.63, 3.8) is 0 Å². The first-order valence-corrected chi connectivity index (χ1v) is 5.45. The van der Waals surface area contributed by atoms with Crippen LogP contribution in [0.1, 0.15) is 31.7 Å². The van der Waals surface area contributed by atoms with Crippen molar-refractivity contribution in [2.24, 2.45) is 5.73 Å². The molecule has 1 atom stereocenters. The summed E-state index contributed by atoms with van der Waals surface area (Å²) in [6, 6.07) is 2.30. The van der Waals surface area contributed by atoms with E-state index in [0.717, 1.165) is 30.7 Å². The third kappa shape index (κ3) is 3.64. The number of halogens is 1. The van der Waals surface area contributed by atoms with Gasteiger partial charge in [0.1, 0.15) is 0 Å². The van der Waals surface area contributed by atoms with E-state index in [0.29, 0.717) is 6.04 Å². The second-order valence-corrected chi connectivity index (χ2v) is 3.93. The Morgan fingerprint density at radius 3 is 3.00 bits per heavy atom. The van der Waals surface area contributed by atoms with E-state index in [1.807, 2.05) is 6.07 Å². The van der Waals surface area contributed by atoms with E-state index >= 15 is 0 Å². The Kier molecular flexibility index (Phi) is 4.91. The van der Waals surface area contributed by atoms with Crippen molar-refractivity contribution in [1.29, 1.82) is 0 Å². The largest absolute Gasteiger partial charge is 0.328 e. The maximum atomic E-state index is 5.98. The zero-order valence-corrected chi connectivity index (χ0v) is 9.30. The number of pyridine rings is 1. The van der Waals surface area contributed by atoms with Crippen LogP contribution >= 0.6 is 11.6 Å². The van der Waals surface area contributed by atoms with Gasteiger partial charge in [0.25, 0.3) is 0 Å². The van der Waals surface area contributed by atoms with Gasteiger partial charge in [0.2, 0.25) is 0 Å². The fourth-order valence-electron chi connectivity index (χ4n) is 1.37. The predicted octanol–water partition coefficient (Wildman–Crippen LogP) is 2.80. The first kappa shape index (κ1) is 11.5. The molecule has 1 rings (SSSR count). The van der Waals surface area contributed by atoms with Gasteiger partial charge in [0.05, 0.1) is 5.02 Å². The number of hydrogen-bond acceptors (Lipinski definition) is 2. The summed E-state index contributed by atoms with van der Waals surface area (Å²) in [4.78, 5) is 3.95. The van der Waals surface area contributed by atoms with Gasteiger partial charge in [-0.2, -0.15) is 0 Å². The minimum Gasteiger partial charge on any atom is -0.328 e. The van der Waals surface area contributed by atoms with Crippen LogP contribution in [0.25, 0.3) is 0 Å². The Morgan fingerprint density at radius 2 is 2.36 bits per heavy atom. The second-order valence-electron chi connectivity index (χ2n) is 3.53. The molecule has 1 heterocycles. The lowest BCUT2D eigenvalue weighted by molar-refractivity contribution is 0.568. The van der Waals surface area contributed by atoms with Crippen molar-refractivity contribution in [1.82, 2.24) is 4.98 Å². The minimum atomic E-state index is 0.329. The summed E-state index contributed by atoms with van der Waals surface area (Å²) in [5.74, 6) is 0. The van der Waals surface area contributed by atoms with Crippen LogP contribution < -0.4 is 5.73 Å². The van der Waals surface area contributed by atoms with Gasteiger partial charge in [0, 0.05) is 18.4 Å². The van der Waals surface area contributed by atoms with Crippen LogP contribution in [-0.2, 0) is 6.42 Å². The smallest absolute Gasteiger partial charge is 0.0621 e. The SMILES string of the molecule is CCC(N)CCCc1ccncc1Cl. The van der Waals surface area contributed by atoms with Gasteiger partial charge >= 0.3 is 0 Å². The number of aromatic nitrogens is 1. The molecule has 3 heteroatoms. The van der Waals surface area contributed by atoms with Crippen molar-refractivity contribution in [2.75, 3.05) is 0 Å².